The molecule has 23 heavy (non-hydrogen) atoms. The molecular formula is C19H26O4. The number of ether oxygens (including phenoxy) is 2. The van der Waals surface area contributed by atoms with Gasteiger partial charge >= 0.3 is 5.97 Å². The van der Waals surface area contributed by atoms with E-state index in [1.165, 1.54) is 12.0 Å². The Bertz CT molecular complexity index is 504. The maximum absolute atomic E-state index is 10.5. The predicted molar refractivity (Wildman–Crippen MR) is 90.2 cm³/mol. The number of rotatable bonds is 9. The van der Waals surface area contributed by atoms with Gasteiger partial charge in [-0.15, -0.1) is 0 Å². The molecule has 1 aromatic rings. The Balaban J connectivity index is 1.68. The number of hydrogen-bond acceptors (Lipinski definition) is 3. The fourth-order valence-electron chi connectivity index (χ4n) is 2.61. The highest BCUT2D eigenvalue weighted by Gasteiger charge is 2.13. The second kappa shape index (κ2) is 10.2. The predicted octanol–water partition coefficient (Wildman–Crippen LogP) is 4.04. The van der Waals surface area contributed by atoms with Crippen LogP contribution in [0.15, 0.2) is 30.3 Å². The molecule has 0 bridgehead atoms. The average molecular weight is 318 g/mol. The highest BCUT2D eigenvalue weighted by Crippen LogP contribution is 2.15. The minimum absolute atomic E-state index is 0.00717. The van der Waals surface area contributed by atoms with Crippen molar-refractivity contribution in [1.82, 2.24) is 0 Å². The molecule has 0 aromatic heterocycles. The Morgan fingerprint density at radius 1 is 1.39 bits per heavy atom. The standard InChI is InChI=1S/C19H26O4/c20-18(21)11-2-1-7-16-8-5-9-17(15-16)10-6-14-23-19-12-3-4-13-22-19/h1,5,7-9,15,19H,2-4,6,10-14H2,(H,20,21)/b7-1+. The molecule has 0 spiro atoms. The van der Waals surface area contributed by atoms with Gasteiger partial charge in [-0.05, 0) is 49.7 Å². The lowest BCUT2D eigenvalue weighted by molar-refractivity contribution is -0.162. The van der Waals surface area contributed by atoms with Gasteiger partial charge in [-0.25, -0.2) is 0 Å². The van der Waals surface area contributed by atoms with Crippen LogP contribution in [-0.2, 0) is 20.7 Å². The van der Waals surface area contributed by atoms with Crippen molar-refractivity contribution in [1.29, 1.82) is 0 Å². The number of aliphatic carboxylic acids is 1. The van der Waals surface area contributed by atoms with Crippen LogP contribution in [0.1, 0.15) is 49.7 Å². The van der Waals surface area contributed by atoms with Gasteiger partial charge in [-0.1, -0.05) is 36.4 Å². The lowest BCUT2D eigenvalue weighted by Crippen LogP contribution is -2.22. The molecule has 0 aliphatic carbocycles. The van der Waals surface area contributed by atoms with E-state index in [9.17, 15) is 4.79 Å². The van der Waals surface area contributed by atoms with Crippen molar-refractivity contribution in [3.8, 4) is 0 Å². The Hall–Kier alpha value is -1.65. The number of carbonyl (C=O) groups is 1. The first kappa shape index (κ1) is 17.7. The third-order valence-corrected chi connectivity index (χ3v) is 3.84. The number of aryl methyl sites for hydroxylation is 1. The highest BCUT2D eigenvalue weighted by molar-refractivity contribution is 5.67. The Labute approximate surface area is 138 Å². The average Bonchev–Trinajstić information content (AvgIpc) is 2.57. The van der Waals surface area contributed by atoms with E-state index in [4.69, 9.17) is 14.6 Å². The number of carboxylic acid groups (broad SMARTS) is 1. The van der Waals surface area contributed by atoms with E-state index in [1.54, 1.807) is 0 Å². The van der Waals surface area contributed by atoms with Gasteiger partial charge in [0.1, 0.15) is 0 Å². The number of hydrogen-bond donors (Lipinski definition) is 1. The molecule has 1 fully saturated rings. The summed E-state index contributed by atoms with van der Waals surface area (Å²) in [7, 11) is 0. The summed E-state index contributed by atoms with van der Waals surface area (Å²) in [6, 6.07) is 8.34. The van der Waals surface area contributed by atoms with Crippen LogP contribution in [0.4, 0.5) is 0 Å². The van der Waals surface area contributed by atoms with Gasteiger partial charge in [-0.3, -0.25) is 4.79 Å². The van der Waals surface area contributed by atoms with Crippen LogP contribution in [0.2, 0.25) is 0 Å². The monoisotopic (exact) mass is 318 g/mol. The number of carboxylic acids is 1. The maximum atomic E-state index is 10.5. The summed E-state index contributed by atoms with van der Waals surface area (Å²) in [6.07, 6.45) is 9.94. The molecule has 0 amide bonds. The third kappa shape index (κ3) is 7.44. The van der Waals surface area contributed by atoms with E-state index < -0.39 is 5.97 Å². The molecule has 1 N–H and O–H groups in total. The van der Waals surface area contributed by atoms with Crippen LogP contribution in [0, 0.1) is 0 Å². The fourth-order valence-corrected chi connectivity index (χ4v) is 2.61. The summed E-state index contributed by atoms with van der Waals surface area (Å²) >= 11 is 0. The topological polar surface area (TPSA) is 55.8 Å². The van der Waals surface area contributed by atoms with Gasteiger partial charge in [0.25, 0.3) is 0 Å². The second-order valence-electron chi connectivity index (χ2n) is 5.85. The molecule has 1 unspecified atom stereocenters. The molecule has 1 atom stereocenters. The van der Waals surface area contributed by atoms with Crippen molar-refractivity contribution in [3.63, 3.8) is 0 Å². The quantitative estimate of drug-likeness (QED) is 0.698. The van der Waals surface area contributed by atoms with Gasteiger partial charge in [0.05, 0.1) is 6.61 Å². The number of benzene rings is 1. The Morgan fingerprint density at radius 2 is 2.30 bits per heavy atom. The molecule has 1 aliphatic heterocycles. The van der Waals surface area contributed by atoms with E-state index in [1.807, 2.05) is 24.3 Å². The van der Waals surface area contributed by atoms with Crippen LogP contribution in [-0.4, -0.2) is 30.6 Å². The molecule has 0 radical (unpaired) electrons. The summed E-state index contributed by atoms with van der Waals surface area (Å²) in [6.45, 7) is 1.55. The lowest BCUT2D eigenvalue weighted by atomic mass is 10.1. The summed E-state index contributed by atoms with van der Waals surface area (Å²) in [5.41, 5.74) is 2.39. The maximum Gasteiger partial charge on any atom is 0.303 e. The largest absolute Gasteiger partial charge is 0.481 e. The first-order valence-corrected chi connectivity index (χ1v) is 8.44. The van der Waals surface area contributed by atoms with Gasteiger partial charge in [-0.2, -0.15) is 0 Å². The van der Waals surface area contributed by atoms with Crippen molar-refractivity contribution in [2.75, 3.05) is 13.2 Å². The Kier molecular flexibility index (Phi) is 7.84. The molecule has 0 saturated carbocycles. The zero-order valence-corrected chi connectivity index (χ0v) is 13.6. The molecule has 4 heteroatoms. The summed E-state index contributed by atoms with van der Waals surface area (Å²) in [5, 5.41) is 8.61. The van der Waals surface area contributed by atoms with Crippen LogP contribution in [0.25, 0.3) is 6.08 Å². The molecule has 2 rings (SSSR count). The van der Waals surface area contributed by atoms with E-state index in [-0.39, 0.29) is 12.7 Å². The number of allylic oxidation sites excluding steroid dienone is 1. The zero-order chi connectivity index (χ0) is 16.3. The third-order valence-electron chi connectivity index (χ3n) is 3.84. The van der Waals surface area contributed by atoms with Crippen molar-refractivity contribution in [3.05, 3.63) is 41.5 Å². The SMILES string of the molecule is O=C(O)CC/C=C/c1cccc(CCCOC2CCCCO2)c1. The van der Waals surface area contributed by atoms with Crippen LogP contribution in [0.5, 0.6) is 0 Å². The first-order chi connectivity index (χ1) is 11.2. The first-order valence-electron chi connectivity index (χ1n) is 8.44. The van der Waals surface area contributed by atoms with Crippen LogP contribution >= 0.6 is 0 Å². The van der Waals surface area contributed by atoms with Crippen LogP contribution < -0.4 is 0 Å². The van der Waals surface area contributed by atoms with Crippen LogP contribution in [0.3, 0.4) is 0 Å². The highest BCUT2D eigenvalue weighted by atomic mass is 16.7. The van der Waals surface area contributed by atoms with Gasteiger partial charge in [0.15, 0.2) is 6.29 Å². The summed E-state index contributed by atoms with van der Waals surface area (Å²) in [4.78, 5) is 10.5. The molecule has 1 heterocycles. The molecule has 1 saturated heterocycles. The minimum atomic E-state index is -0.759. The van der Waals surface area contributed by atoms with Gasteiger partial charge in [0.2, 0.25) is 0 Å². The fraction of sp³-hybridized carbons (Fsp3) is 0.526. The lowest BCUT2D eigenvalue weighted by Gasteiger charge is -2.22. The molecule has 126 valence electrons. The van der Waals surface area contributed by atoms with Gasteiger partial charge < -0.3 is 14.6 Å². The van der Waals surface area contributed by atoms with E-state index in [0.29, 0.717) is 6.42 Å². The smallest absolute Gasteiger partial charge is 0.303 e. The van der Waals surface area contributed by atoms with E-state index >= 15 is 0 Å². The van der Waals surface area contributed by atoms with Crippen molar-refractivity contribution in [2.24, 2.45) is 0 Å². The minimum Gasteiger partial charge on any atom is -0.481 e. The molecule has 1 aromatic carbocycles. The summed E-state index contributed by atoms with van der Waals surface area (Å²) < 4.78 is 11.3. The van der Waals surface area contributed by atoms with Gasteiger partial charge in [0, 0.05) is 13.0 Å². The normalized spacial score (nSPS) is 18.3. The van der Waals surface area contributed by atoms with Crippen molar-refractivity contribution >= 4 is 12.0 Å². The summed E-state index contributed by atoms with van der Waals surface area (Å²) in [5.74, 6) is -0.759. The second-order valence-corrected chi connectivity index (χ2v) is 5.85. The van der Waals surface area contributed by atoms with E-state index in [0.717, 1.165) is 44.5 Å². The van der Waals surface area contributed by atoms with Crippen molar-refractivity contribution in [2.45, 2.75) is 51.2 Å². The molecular weight excluding hydrogens is 292 g/mol. The molecule has 1 aliphatic rings. The van der Waals surface area contributed by atoms with Crippen molar-refractivity contribution < 1.29 is 19.4 Å². The van der Waals surface area contributed by atoms with E-state index in [2.05, 4.69) is 12.1 Å². The Morgan fingerprint density at radius 3 is 3.09 bits per heavy atom. The zero-order valence-electron chi connectivity index (χ0n) is 13.6. The molecule has 4 nitrogen and oxygen atoms in total.